The van der Waals surface area contributed by atoms with Gasteiger partial charge in [-0.3, -0.25) is 4.79 Å². The predicted octanol–water partition coefficient (Wildman–Crippen LogP) is 4.10. The van der Waals surface area contributed by atoms with Gasteiger partial charge in [0.25, 0.3) is 0 Å². The number of nitrogens with one attached hydrogen (secondary N) is 1. The Labute approximate surface area is 243 Å². The first-order valence-corrected chi connectivity index (χ1v) is 16.2. The Hall–Kier alpha value is -0.810. The summed E-state index contributed by atoms with van der Waals surface area (Å²) in [5, 5.41) is 53.5. The molecule has 0 spiro atoms. The number of ether oxygens (including phenoxy) is 2. The van der Waals surface area contributed by atoms with Gasteiger partial charge in [-0.1, -0.05) is 117 Å². The molecule has 0 aromatic heterocycles. The first-order chi connectivity index (χ1) is 19.3. The molecule has 1 aliphatic rings. The second-order valence-electron chi connectivity index (χ2n) is 11.6. The second-order valence-corrected chi connectivity index (χ2v) is 11.6. The maximum atomic E-state index is 12.6. The minimum absolute atomic E-state index is 0.136. The molecule has 0 bridgehead atoms. The van der Waals surface area contributed by atoms with E-state index in [1.807, 2.05) is 0 Å². The molecule has 0 aliphatic carbocycles. The summed E-state index contributed by atoms with van der Waals surface area (Å²) in [7, 11) is 0. The number of carbonyl (C=O) groups is 1. The molecular weight excluding hydrogens is 514 g/mol. The van der Waals surface area contributed by atoms with E-state index in [-0.39, 0.29) is 12.5 Å². The van der Waals surface area contributed by atoms with E-state index in [0.717, 1.165) is 44.9 Å². The van der Waals surface area contributed by atoms with E-state index in [1.54, 1.807) is 0 Å². The molecule has 5 unspecified atom stereocenters. The summed E-state index contributed by atoms with van der Waals surface area (Å²) in [6.07, 6.45) is 13.1. The van der Waals surface area contributed by atoms with Gasteiger partial charge < -0.3 is 40.3 Å². The van der Waals surface area contributed by atoms with Crippen molar-refractivity contribution in [3.8, 4) is 0 Å². The van der Waals surface area contributed by atoms with E-state index in [0.29, 0.717) is 12.8 Å². The van der Waals surface area contributed by atoms with E-state index < -0.39 is 49.5 Å². The maximum Gasteiger partial charge on any atom is 0.220 e. The number of amides is 1. The number of rotatable bonds is 25. The van der Waals surface area contributed by atoms with Gasteiger partial charge in [0.2, 0.25) is 5.91 Å². The summed E-state index contributed by atoms with van der Waals surface area (Å²) in [5.74, 6) is -0.164. The van der Waals surface area contributed by atoms with Crippen molar-refractivity contribution in [2.75, 3.05) is 13.2 Å². The normalized spacial score (nSPS) is 24.6. The van der Waals surface area contributed by atoms with Crippen LogP contribution in [0.2, 0.25) is 0 Å². The highest BCUT2D eigenvalue weighted by Gasteiger charge is 2.44. The largest absolute Gasteiger partial charge is 0.394 e. The lowest BCUT2D eigenvalue weighted by Gasteiger charge is -2.40. The van der Waals surface area contributed by atoms with Gasteiger partial charge in [0.15, 0.2) is 6.29 Å². The number of carbonyl (C=O) groups excluding carboxylic acids is 1. The van der Waals surface area contributed by atoms with Gasteiger partial charge in [-0.25, -0.2) is 0 Å². The summed E-state index contributed by atoms with van der Waals surface area (Å²) in [4.78, 5) is 12.6. The molecule has 9 heteroatoms. The summed E-state index contributed by atoms with van der Waals surface area (Å²) in [6.45, 7) is 3.67. The highest BCUT2D eigenvalue weighted by atomic mass is 16.7. The third kappa shape index (κ3) is 16.0. The zero-order valence-corrected chi connectivity index (χ0v) is 25.4. The molecule has 6 N–H and O–H groups in total. The Balaban J connectivity index is 2.42. The van der Waals surface area contributed by atoms with Crippen LogP contribution in [-0.2, 0) is 14.3 Å². The molecule has 0 saturated carbocycles. The van der Waals surface area contributed by atoms with Crippen molar-refractivity contribution >= 4 is 5.91 Å². The molecule has 7 atom stereocenters. The van der Waals surface area contributed by atoms with Crippen LogP contribution in [0, 0.1) is 0 Å². The molecule has 9 nitrogen and oxygen atoms in total. The van der Waals surface area contributed by atoms with Crippen LogP contribution in [0.5, 0.6) is 0 Å². The van der Waals surface area contributed by atoms with Gasteiger partial charge in [0, 0.05) is 6.42 Å². The summed E-state index contributed by atoms with van der Waals surface area (Å²) in [6, 6.07) is -0.705. The zero-order valence-electron chi connectivity index (χ0n) is 25.4. The van der Waals surface area contributed by atoms with Gasteiger partial charge in [-0.2, -0.15) is 0 Å². The Bertz CT molecular complexity index is 608. The van der Waals surface area contributed by atoms with Gasteiger partial charge in [-0.15, -0.1) is 0 Å². The Morgan fingerprint density at radius 1 is 0.750 bits per heavy atom. The van der Waals surface area contributed by atoms with Crippen molar-refractivity contribution in [1.82, 2.24) is 5.32 Å². The van der Waals surface area contributed by atoms with Crippen LogP contribution in [0.1, 0.15) is 136 Å². The number of aliphatic hydroxyl groups excluding tert-OH is 5. The van der Waals surface area contributed by atoms with Crippen LogP contribution in [0.3, 0.4) is 0 Å². The van der Waals surface area contributed by atoms with Gasteiger partial charge in [-0.05, 0) is 12.8 Å². The average Bonchev–Trinajstić information content (AvgIpc) is 2.95. The van der Waals surface area contributed by atoms with Crippen LogP contribution in [0.4, 0.5) is 0 Å². The minimum Gasteiger partial charge on any atom is -0.394 e. The van der Waals surface area contributed by atoms with Crippen molar-refractivity contribution in [2.45, 2.75) is 179 Å². The topological polar surface area (TPSA) is 149 Å². The van der Waals surface area contributed by atoms with Crippen molar-refractivity contribution in [3.05, 3.63) is 0 Å². The molecule has 0 aromatic rings. The number of aliphatic hydroxyl groups is 5. The van der Waals surface area contributed by atoms with Crippen molar-refractivity contribution in [2.24, 2.45) is 0 Å². The summed E-state index contributed by atoms with van der Waals surface area (Å²) >= 11 is 0. The molecule has 0 radical (unpaired) electrons. The minimum atomic E-state index is -1.54. The lowest BCUT2D eigenvalue weighted by molar-refractivity contribution is -0.302. The molecular formula is C31H61NO8. The molecule has 0 aromatic carbocycles. The summed E-state index contributed by atoms with van der Waals surface area (Å²) < 4.78 is 11.1. The molecule has 1 heterocycles. The standard InChI is InChI=1S/C31H61NO8/c1-3-5-7-9-10-11-12-13-14-15-16-17-18-20-25(34)24(32-27(35)21-19-8-6-4-2)23-39-31-30(38)29(37)28(36)26(22-33)40-31/h24-26,28-31,33-34,36-38H,3-23H2,1-2H3,(H,32,35)/t24-,25+,26?,28?,29?,30?,31?/m0/s1. The zero-order chi connectivity index (χ0) is 29.6. The predicted molar refractivity (Wildman–Crippen MR) is 157 cm³/mol. The Morgan fingerprint density at radius 2 is 1.25 bits per heavy atom. The summed E-state index contributed by atoms with van der Waals surface area (Å²) in [5.41, 5.74) is 0. The number of hydrogen-bond acceptors (Lipinski definition) is 8. The van der Waals surface area contributed by atoms with Crippen molar-refractivity contribution < 1.29 is 39.8 Å². The van der Waals surface area contributed by atoms with E-state index >= 15 is 0 Å². The smallest absolute Gasteiger partial charge is 0.220 e. The highest BCUT2D eigenvalue weighted by molar-refractivity contribution is 5.76. The third-order valence-corrected chi connectivity index (χ3v) is 7.96. The molecule has 1 rings (SSSR count). The van der Waals surface area contributed by atoms with Crippen LogP contribution >= 0.6 is 0 Å². The van der Waals surface area contributed by atoms with Crippen LogP contribution in [-0.4, -0.2) is 87.5 Å². The van der Waals surface area contributed by atoms with Gasteiger partial charge >= 0.3 is 0 Å². The molecule has 1 amide bonds. The number of unbranched alkanes of at least 4 members (excludes halogenated alkanes) is 15. The molecule has 1 saturated heterocycles. The Morgan fingerprint density at radius 3 is 1.77 bits per heavy atom. The maximum absolute atomic E-state index is 12.6. The first kappa shape index (κ1) is 37.2. The fourth-order valence-corrected chi connectivity index (χ4v) is 5.22. The average molecular weight is 576 g/mol. The van der Waals surface area contributed by atoms with Crippen molar-refractivity contribution in [3.63, 3.8) is 0 Å². The van der Waals surface area contributed by atoms with Crippen LogP contribution in [0.25, 0.3) is 0 Å². The molecule has 1 fully saturated rings. The van der Waals surface area contributed by atoms with Gasteiger partial charge in [0.05, 0.1) is 25.4 Å². The first-order valence-electron chi connectivity index (χ1n) is 16.2. The molecule has 40 heavy (non-hydrogen) atoms. The third-order valence-electron chi connectivity index (χ3n) is 7.96. The number of hydrogen-bond donors (Lipinski definition) is 6. The van der Waals surface area contributed by atoms with E-state index in [1.165, 1.54) is 64.2 Å². The van der Waals surface area contributed by atoms with Crippen LogP contribution < -0.4 is 5.32 Å². The fourth-order valence-electron chi connectivity index (χ4n) is 5.22. The second kappa shape index (κ2) is 23.7. The SMILES string of the molecule is CCCCCCCCCCCCCCC[C@@H](O)[C@H](COC1OC(CO)C(O)C(O)C1O)NC(=O)CCCCCC. The van der Waals surface area contributed by atoms with E-state index in [2.05, 4.69) is 19.2 Å². The van der Waals surface area contributed by atoms with E-state index in [4.69, 9.17) is 9.47 Å². The molecule has 1 aliphatic heterocycles. The highest BCUT2D eigenvalue weighted by Crippen LogP contribution is 2.23. The lowest BCUT2D eigenvalue weighted by Crippen LogP contribution is -2.60. The quantitative estimate of drug-likeness (QED) is 0.0892. The van der Waals surface area contributed by atoms with Crippen molar-refractivity contribution in [1.29, 1.82) is 0 Å². The van der Waals surface area contributed by atoms with Gasteiger partial charge in [0.1, 0.15) is 24.4 Å². The van der Waals surface area contributed by atoms with Crippen LogP contribution in [0.15, 0.2) is 0 Å². The molecule has 238 valence electrons. The Kier molecular flexibility index (Phi) is 22.1. The lowest BCUT2D eigenvalue weighted by atomic mass is 9.99. The monoisotopic (exact) mass is 575 g/mol. The fraction of sp³-hybridized carbons (Fsp3) is 0.968. The van der Waals surface area contributed by atoms with E-state index in [9.17, 15) is 30.3 Å².